The van der Waals surface area contributed by atoms with Crippen LogP contribution in [0.5, 0.6) is 0 Å². The zero-order chi connectivity index (χ0) is 13.8. The third kappa shape index (κ3) is 4.42. The van der Waals surface area contributed by atoms with Crippen LogP contribution in [-0.2, 0) is 18.6 Å². The zero-order valence-electron chi connectivity index (χ0n) is 9.58. The number of phosphoric ester groups is 1. The highest BCUT2D eigenvalue weighted by Crippen LogP contribution is 2.41. The van der Waals surface area contributed by atoms with Crippen LogP contribution >= 0.6 is 7.82 Å². The molecular formula is C9H17O8P. The van der Waals surface area contributed by atoms with Gasteiger partial charge >= 0.3 is 7.82 Å². The third-order valence-corrected chi connectivity index (χ3v) is 2.91. The fraction of sp³-hybridized carbons (Fsp3) is 0.778. The molecule has 0 unspecified atom stereocenters. The van der Waals surface area contributed by atoms with Crippen LogP contribution in [0, 0.1) is 0 Å². The molecule has 0 radical (unpaired) electrons. The summed E-state index contributed by atoms with van der Waals surface area (Å²) in [5.41, 5.74) is 0. The first kappa shape index (κ1) is 15.7. The van der Waals surface area contributed by atoms with Crippen LogP contribution in [0.1, 0.15) is 0 Å². The minimum Gasteiger partial charge on any atom is -0.394 e. The lowest BCUT2D eigenvalue weighted by Crippen LogP contribution is -2.43. The molecule has 0 aliphatic carbocycles. The van der Waals surface area contributed by atoms with Crippen LogP contribution in [-0.4, -0.2) is 64.2 Å². The molecule has 1 aliphatic rings. The first-order valence-electron chi connectivity index (χ1n) is 5.26. The Labute approximate surface area is 104 Å². The average Bonchev–Trinajstić information content (AvgIpc) is 2.61. The van der Waals surface area contributed by atoms with E-state index >= 15 is 0 Å². The maximum atomic E-state index is 10.8. The summed E-state index contributed by atoms with van der Waals surface area (Å²) in [6.07, 6.45) is -2.82. The van der Waals surface area contributed by atoms with Crippen molar-refractivity contribution >= 4 is 7.82 Å². The Morgan fingerprint density at radius 3 is 2.72 bits per heavy atom. The van der Waals surface area contributed by atoms with Gasteiger partial charge in [-0.25, -0.2) is 4.57 Å². The van der Waals surface area contributed by atoms with E-state index in [0.717, 1.165) is 0 Å². The number of ether oxygens (including phenoxy) is 2. The maximum Gasteiger partial charge on any atom is 0.470 e. The normalized spacial score (nSPS) is 30.3. The standard InChI is InChI=1S/C9H17O8P/c1-2-3-15-7(4-10)9-8(6(11)5-16-9)17-18(12,13)14/h2,6-11H,1,3-5H2,(H2,12,13,14)/t6-,7+,8+,9+/m0/s1. The van der Waals surface area contributed by atoms with Crippen LogP contribution in [0.25, 0.3) is 0 Å². The molecule has 0 amide bonds. The summed E-state index contributed by atoms with van der Waals surface area (Å²) in [7, 11) is -4.76. The largest absolute Gasteiger partial charge is 0.470 e. The second kappa shape index (κ2) is 6.74. The predicted molar refractivity (Wildman–Crippen MR) is 59.7 cm³/mol. The highest BCUT2D eigenvalue weighted by molar-refractivity contribution is 7.46. The topological polar surface area (TPSA) is 126 Å². The van der Waals surface area contributed by atoms with Gasteiger partial charge < -0.3 is 29.5 Å². The predicted octanol–water partition coefficient (Wildman–Crippen LogP) is -1.21. The molecule has 106 valence electrons. The number of rotatable bonds is 7. The molecule has 1 aliphatic heterocycles. The Balaban J connectivity index is 2.71. The lowest BCUT2D eigenvalue weighted by Gasteiger charge is -2.26. The van der Waals surface area contributed by atoms with Crippen molar-refractivity contribution in [2.75, 3.05) is 19.8 Å². The van der Waals surface area contributed by atoms with Crippen molar-refractivity contribution < 1.29 is 38.6 Å². The van der Waals surface area contributed by atoms with Crippen LogP contribution in [0.2, 0.25) is 0 Å². The van der Waals surface area contributed by atoms with E-state index < -0.39 is 38.8 Å². The highest BCUT2D eigenvalue weighted by atomic mass is 31.2. The van der Waals surface area contributed by atoms with E-state index in [1.807, 2.05) is 0 Å². The number of aliphatic hydroxyl groups is 2. The van der Waals surface area contributed by atoms with Gasteiger partial charge in [-0.1, -0.05) is 6.08 Å². The smallest absolute Gasteiger partial charge is 0.394 e. The molecule has 0 bridgehead atoms. The fourth-order valence-corrected chi connectivity index (χ4v) is 2.25. The first-order valence-corrected chi connectivity index (χ1v) is 6.79. The van der Waals surface area contributed by atoms with Gasteiger partial charge in [0.05, 0.1) is 19.8 Å². The SMILES string of the molecule is C=CCO[C@H](CO)[C@H]1OC[C@H](O)[C@H]1OP(=O)(O)O. The molecule has 1 heterocycles. The molecule has 9 heteroatoms. The molecule has 0 aromatic carbocycles. The molecule has 8 nitrogen and oxygen atoms in total. The molecule has 18 heavy (non-hydrogen) atoms. The fourth-order valence-electron chi connectivity index (χ4n) is 1.67. The van der Waals surface area contributed by atoms with Gasteiger partial charge in [0, 0.05) is 0 Å². The van der Waals surface area contributed by atoms with Crippen LogP contribution < -0.4 is 0 Å². The molecule has 1 saturated heterocycles. The van der Waals surface area contributed by atoms with E-state index in [0.29, 0.717) is 0 Å². The van der Waals surface area contributed by atoms with Crippen LogP contribution in [0.3, 0.4) is 0 Å². The molecular weight excluding hydrogens is 267 g/mol. The van der Waals surface area contributed by atoms with E-state index in [2.05, 4.69) is 11.1 Å². The monoisotopic (exact) mass is 284 g/mol. The Bertz CT molecular complexity index is 316. The molecule has 4 atom stereocenters. The van der Waals surface area contributed by atoms with Crippen molar-refractivity contribution in [2.45, 2.75) is 24.4 Å². The Hall–Kier alpha value is -0.310. The lowest BCUT2D eigenvalue weighted by atomic mass is 10.1. The number of phosphoric acid groups is 1. The maximum absolute atomic E-state index is 10.8. The Morgan fingerprint density at radius 1 is 1.56 bits per heavy atom. The molecule has 0 aromatic heterocycles. The average molecular weight is 284 g/mol. The summed E-state index contributed by atoms with van der Waals surface area (Å²) in [5, 5.41) is 18.7. The number of hydrogen-bond donors (Lipinski definition) is 4. The van der Waals surface area contributed by atoms with E-state index in [4.69, 9.17) is 24.4 Å². The van der Waals surface area contributed by atoms with Crippen molar-refractivity contribution in [3.8, 4) is 0 Å². The van der Waals surface area contributed by atoms with Crippen molar-refractivity contribution in [2.24, 2.45) is 0 Å². The summed E-state index contributed by atoms with van der Waals surface area (Å²) in [6, 6.07) is 0. The van der Waals surface area contributed by atoms with Gasteiger partial charge in [-0.05, 0) is 0 Å². The molecule has 0 spiro atoms. The van der Waals surface area contributed by atoms with E-state index in [1.54, 1.807) is 0 Å². The summed E-state index contributed by atoms with van der Waals surface area (Å²) in [6.45, 7) is 2.98. The minimum absolute atomic E-state index is 0.129. The first-order chi connectivity index (χ1) is 8.39. The van der Waals surface area contributed by atoms with Crippen LogP contribution in [0.4, 0.5) is 0 Å². The minimum atomic E-state index is -4.76. The van der Waals surface area contributed by atoms with E-state index in [9.17, 15) is 9.67 Å². The molecule has 1 fully saturated rings. The van der Waals surface area contributed by atoms with Gasteiger partial charge in [0.25, 0.3) is 0 Å². The van der Waals surface area contributed by atoms with Gasteiger partial charge in [-0.15, -0.1) is 6.58 Å². The molecule has 0 saturated carbocycles. The third-order valence-electron chi connectivity index (χ3n) is 2.40. The second-order valence-corrected chi connectivity index (χ2v) is 4.96. The van der Waals surface area contributed by atoms with Gasteiger partial charge in [0.2, 0.25) is 0 Å². The number of hydrogen-bond acceptors (Lipinski definition) is 6. The second-order valence-electron chi connectivity index (χ2n) is 3.77. The zero-order valence-corrected chi connectivity index (χ0v) is 10.5. The Kier molecular flexibility index (Phi) is 5.90. The molecule has 4 N–H and O–H groups in total. The number of aliphatic hydroxyl groups excluding tert-OH is 2. The molecule has 1 rings (SSSR count). The lowest BCUT2D eigenvalue weighted by molar-refractivity contribution is -0.0923. The van der Waals surface area contributed by atoms with Gasteiger partial charge in [-0.3, -0.25) is 4.52 Å². The highest BCUT2D eigenvalue weighted by Gasteiger charge is 2.45. The quantitative estimate of drug-likeness (QED) is 0.339. The van der Waals surface area contributed by atoms with Gasteiger partial charge in [0.1, 0.15) is 24.4 Å². The van der Waals surface area contributed by atoms with Crippen molar-refractivity contribution in [3.63, 3.8) is 0 Å². The summed E-state index contributed by atoms with van der Waals surface area (Å²) >= 11 is 0. The summed E-state index contributed by atoms with van der Waals surface area (Å²) < 4.78 is 25.6. The summed E-state index contributed by atoms with van der Waals surface area (Å²) in [5.74, 6) is 0. The van der Waals surface area contributed by atoms with Crippen molar-refractivity contribution in [1.82, 2.24) is 0 Å². The van der Waals surface area contributed by atoms with Crippen molar-refractivity contribution in [3.05, 3.63) is 12.7 Å². The Morgan fingerprint density at radius 2 is 2.22 bits per heavy atom. The van der Waals surface area contributed by atoms with Crippen LogP contribution in [0.15, 0.2) is 12.7 Å². The van der Waals surface area contributed by atoms with Gasteiger partial charge in [-0.2, -0.15) is 0 Å². The summed E-state index contributed by atoms with van der Waals surface area (Å²) in [4.78, 5) is 17.5. The van der Waals surface area contributed by atoms with Crippen molar-refractivity contribution in [1.29, 1.82) is 0 Å². The van der Waals surface area contributed by atoms with Gasteiger partial charge in [0.15, 0.2) is 0 Å². The molecule has 0 aromatic rings. The van der Waals surface area contributed by atoms with E-state index in [1.165, 1.54) is 6.08 Å². The van der Waals surface area contributed by atoms with E-state index in [-0.39, 0.29) is 13.2 Å².